The summed E-state index contributed by atoms with van der Waals surface area (Å²) in [5.74, 6) is 1.51. The van der Waals surface area contributed by atoms with Crippen molar-refractivity contribution >= 4 is 21.7 Å². The lowest BCUT2D eigenvalue weighted by molar-refractivity contribution is 0.244. The molecule has 0 saturated carbocycles. The van der Waals surface area contributed by atoms with E-state index >= 15 is 0 Å². The fraction of sp³-hybridized carbons (Fsp3) is 0.583. The second-order valence-corrected chi connectivity index (χ2v) is 5.30. The highest BCUT2D eigenvalue weighted by Crippen LogP contribution is 2.29. The topological polar surface area (TPSA) is 36.4 Å². The summed E-state index contributed by atoms with van der Waals surface area (Å²) in [6.07, 6.45) is 1.13. The quantitative estimate of drug-likeness (QED) is 0.906. The minimum absolute atomic E-state index is 0.206. The maximum Gasteiger partial charge on any atom is 0.129 e. The van der Waals surface area contributed by atoms with Gasteiger partial charge in [0, 0.05) is 11.0 Å². The third kappa shape index (κ3) is 2.09. The van der Waals surface area contributed by atoms with Crippen molar-refractivity contribution in [2.24, 2.45) is 5.92 Å². The van der Waals surface area contributed by atoms with Gasteiger partial charge in [0.1, 0.15) is 5.82 Å². The van der Waals surface area contributed by atoms with E-state index in [-0.39, 0.29) is 12.6 Å². The van der Waals surface area contributed by atoms with Gasteiger partial charge in [0.15, 0.2) is 0 Å². The first-order valence-corrected chi connectivity index (χ1v) is 6.43. The summed E-state index contributed by atoms with van der Waals surface area (Å²) in [6, 6.07) is 4.25. The Morgan fingerprint density at radius 1 is 1.56 bits per heavy atom. The molecule has 3 nitrogen and oxygen atoms in total. The molecule has 1 saturated heterocycles. The largest absolute Gasteiger partial charge is 0.394 e. The van der Waals surface area contributed by atoms with E-state index in [0.717, 1.165) is 29.0 Å². The number of aliphatic hydroxyl groups is 1. The van der Waals surface area contributed by atoms with E-state index in [2.05, 4.69) is 32.7 Å². The summed E-state index contributed by atoms with van der Waals surface area (Å²) < 4.78 is 1.03. The monoisotopic (exact) mass is 284 g/mol. The molecule has 88 valence electrons. The average Bonchev–Trinajstić information content (AvgIpc) is 2.63. The van der Waals surface area contributed by atoms with Crippen molar-refractivity contribution in [3.05, 3.63) is 22.3 Å². The average molecular weight is 285 g/mol. The van der Waals surface area contributed by atoms with Crippen LogP contribution in [0.1, 0.15) is 19.0 Å². The van der Waals surface area contributed by atoms with Crippen molar-refractivity contribution < 1.29 is 5.11 Å². The summed E-state index contributed by atoms with van der Waals surface area (Å²) in [6.45, 7) is 5.37. The van der Waals surface area contributed by atoms with Crippen LogP contribution in [0, 0.1) is 12.8 Å². The minimum Gasteiger partial charge on any atom is -0.394 e. The van der Waals surface area contributed by atoms with Gasteiger partial charge in [-0.1, -0.05) is 6.92 Å². The van der Waals surface area contributed by atoms with Crippen molar-refractivity contribution in [1.29, 1.82) is 0 Å². The number of rotatable bonds is 2. The van der Waals surface area contributed by atoms with Crippen LogP contribution < -0.4 is 4.90 Å². The molecule has 1 aromatic rings. The summed E-state index contributed by atoms with van der Waals surface area (Å²) in [7, 11) is 0. The highest BCUT2D eigenvalue weighted by molar-refractivity contribution is 9.10. The Labute approximate surface area is 105 Å². The Morgan fingerprint density at radius 2 is 2.31 bits per heavy atom. The number of aromatic nitrogens is 1. The molecule has 0 radical (unpaired) electrons. The van der Waals surface area contributed by atoms with Crippen LogP contribution in [0.15, 0.2) is 16.6 Å². The predicted octanol–water partition coefficient (Wildman–Crippen LogP) is 2.36. The number of hydrogen-bond acceptors (Lipinski definition) is 3. The van der Waals surface area contributed by atoms with Gasteiger partial charge in [0.05, 0.1) is 18.3 Å². The first-order valence-electron chi connectivity index (χ1n) is 5.64. The molecule has 0 aromatic carbocycles. The Kier molecular flexibility index (Phi) is 3.50. The molecule has 1 aliphatic rings. The molecule has 0 amide bonds. The number of halogens is 1. The Bertz CT molecular complexity index is 383. The number of nitrogens with zero attached hydrogens (tertiary/aromatic N) is 2. The van der Waals surface area contributed by atoms with Gasteiger partial charge in [-0.2, -0.15) is 0 Å². The van der Waals surface area contributed by atoms with Crippen LogP contribution in [0.25, 0.3) is 0 Å². The number of pyridine rings is 1. The van der Waals surface area contributed by atoms with Crippen LogP contribution in [-0.2, 0) is 0 Å². The highest BCUT2D eigenvalue weighted by Gasteiger charge is 2.31. The fourth-order valence-electron chi connectivity index (χ4n) is 2.26. The molecule has 1 aromatic heterocycles. The van der Waals surface area contributed by atoms with Crippen LogP contribution in [0.5, 0.6) is 0 Å². The molecular formula is C12H17BrN2O. The summed E-state index contributed by atoms with van der Waals surface area (Å²) in [5.41, 5.74) is 0.994. The van der Waals surface area contributed by atoms with E-state index in [1.807, 2.05) is 19.1 Å². The van der Waals surface area contributed by atoms with E-state index in [4.69, 9.17) is 0 Å². The second-order valence-electron chi connectivity index (χ2n) is 4.45. The predicted molar refractivity (Wildman–Crippen MR) is 68.7 cm³/mol. The van der Waals surface area contributed by atoms with Gasteiger partial charge in [-0.25, -0.2) is 4.98 Å². The molecule has 4 heteroatoms. The number of aliphatic hydroxyl groups excluding tert-OH is 1. The molecule has 2 atom stereocenters. The van der Waals surface area contributed by atoms with Gasteiger partial charge in [0.2, 0.25) is 0 Å². The first kappa shape index (κ1) is 11.9. The van der Waals surface area contributed by atoms with E-state index < -0.39 is 0 Å². The van der Waals surface area contributed by atoms with Crippen molar-refractivity contribution in [1.82, 2.24) is 4.98 Å². The fourth-order valence-corrected chi connectivity index (χ4v) is 2.48. The minimum atomic E-state index is 0.206. The Morgan fingerprint density at radius 3 is 2.94 bits per heavy atom. The lowest BCUT2D eigenvalue weighted by atomic mass is 10.0. The standard InChI is InChI=1S/C12H17BrN2O/c1-8-5-6-15(11(8)7-16)12-4-3-10(13)9(2)14-12/h3-4,8,11,16H,5-7H2,1-2H3. The smallest absolute Gasteiger partial charge is 0.129 e. The normalized spacial score (nSPS) is 25.1. The first-order chi connectivity index (χ1) is 7.63. The van der Waals surface area contributed by atoms with Crippen molar-refractivity contribution in [2.45, 2.75) is 26.3 Å². The zero-order chi connectivity index (χ0) is 11.7. The number of hydrogen-bond donors (Lipinski definition) is 1. The molecule has 2 unspecified atom stereocenters. The molecule has 2 heterocycles. The third-order valence-electron chi connectivity index (χ3n) is 3.37. The summed E-state index contributed by atoms with van der Waals surface area (Å²) in [4.78, 5) is 6.77. The van der Waals surface area contributed by atoms with Gasteiger partial charge < -0.3 is 10.0 Å². The van der Waals surface area contributed by atoms with Crippen LogP contribution >= 0.6 is 15.9 Å². The van der Waals surface area contributed by atoms with Crippen LogP contribution in [0.4, 0.5) is 5.82 Å². The van der Waals surface area contributed by atoms with Crippen molar-refractivity contribution in [3.63, 3.8) is 0 Å². The lowest BCUT2D eigenvalue weighted by Gasteiger charge is -2.26. The SMILES string of the molecule is Cc1nc(N2CCC(C)C2CO)ccc1Br. The Balaban J connectivity index is 2.27. The van der Waals surface area contributed by atoms with Crippen LogP contribution in [-0.4, -0.2) is 29.3 Å². The molecule has 0 bridgehead atoms. The molecule has 2 rings (SSSR count). The van der Waals surface area contributed by atoms with Crippen LogP contribution in [0.2, 0.25) is 0 Å². The lowest BCUT2D eigenvalue weighted by Crippen LogP contribution is -2.35. The number of aryl methyl sites for hydroxylation is 1. The van der Waals surface area contributed by atoms with Crippen molar-refractivity contribution in [2.75, 3.05) is 18.1 Å². The molecule has 0 aliphatic carbocycles. The number of anilines is 1. The maximum atomic E-state index is 9.41. The summed E-state index contributed by atoms with van der Waals surface area (Å²) >= 11 is 3.45. The van der Waals surface area contributed by atoms with Crippen molar-refractivity contribution in [3.8, 4) is 0 Å². The third-order valence-corrected chi connectivity index (χ3v) is 4.21. The van der Waals surface area contributed by atoms with E-state index in [1.54, 1.807) is 0 Å². The van der Waals surface area contributed by atoms with E-state index in [0.29, 0.717) is 5.92 Å². The molecule has 1 fully saturated rings. The van der Waals surface area contributed by atoms with Crippen LogP contribution in [0.3, 0.4) is 0 Å². The van der Waals surface area contributed by atoms with Gasteiger partial charge in [0.25, 0.3) is 0 Å². The van der Waals surface area contributed by atoms with Gasteiger partial charge in [-0.15, -0.1) is 0 Å². The molecule has 0 spiro atoms. The van der Waals surface area contributed by atoms with Gasteiger partial charge in [-0.3, -0.25) is 0 Å². The van der Waals surface area contributed by atoms with E-state index in [1.165, 1.54) is 0 Å². The highest BCUT2D eigenvalue weighted by atomic mass is 79.9. The molecule has 16 heavy (non-hydrogen) atoms. The maximum absolute atomic E-state index is 9.41. The summed E-state index contributed by atoms with van der Waals surface area (Å²) in [5, 5.41) is 9.41. The van der Waals surface area contributed by atoms with Gasteiger partial charge >= 0.3 is 0 Å². The molecule has 1 aliphatic heterocycles. The molecular weight excluding hydrogens is 268 g/mol. The Hall–Kier alpha value is -0.610. The molecule has 1 N–H and O–H groups in total. The van der Waals surface area contributed by atoms with E-state index in [9.17, 15) is 5.11 Å². The second kappa shape index (κ2) is 4.72. The zero-order valence-electron chi connectivity index (χ0n) is 9.65. The zero-order valence-corrected chi connectivity index (χ0v) is 11.2. The van der Waals surface area contributed by atoms with Gasteiger partial charge in [-0.05, 0) is 47.3 Å².